The van der Waals surface area contributed by atoms with Gasteiger partial charge in [-0.25, -0.2) is 0 Å². The number of carbonyl (C=O) groups is 2. The zero-order valence-electron chi connectivity index (χ0n) is 14.5. The summed E-state index contributed by atoms with van der Waals surface area (Å²) in [5.74, 6) is -0.546. The van der Waals surface area contributed by atoms with Gasteiger partial charge in [-0.2, -0.15) is 0 Å². The lowest BCUT2D eigenvalue weighted by Gasteiger charge is -2.14. The van der Waals surface area contributed by atoms with Crippen molar-refractivity contribution < 1.29 is 9.59 Å². The molecule has 136 valence electrons. The summed E-state index contributed by atoms with van der Waals surface area (Å²) >= 11 is 5.80. The van der Waals surface area contributed by atoms with Crippen molar-refractivity contribution in [2.24, 2.45) is 0 Å². The summed E-state index contributed by atoms with van der Waals surface area (Å²) in [6.45, 7) is 3.12. The summed E-state index contributed by atoms with van der Waals surface area (Å²) in [6, 6.07) is 14.4. The predicted octanol–water partition coefficient (Wildman–Crippen LogP) is 3.30. The molecule has 0 unspecified atom stereocenters. The van der Waals surface area contributed by atoms with Gasteiger partial charge in [-0.3, -0.25) is 14.5 Å². The number of nitrogens with one attached hydrogen (secondary N) is 2. The number of amides is 2. The first-order valence-corrected chi connectivity index (χ1v) is 9.13. The van der Waals surface area contributed by atoms with Gasteiger partial charge in [-0.1, -0.05) is 23.7 Å². The molecule has 26 heavy (non-hydrogen) atoms. The maximum Gasteiger partial charge on any atom is 0.251 e. The van der Waals surface area contributed by atoms with Crippen molar-refractivity contribution in [2.75, 3.05) is 25.0 Å². The molecule has 0 spiro atoms. The van der Waals surface area contributed by atoms with E-state index < -0.39 is 0 Å². The van der Waals surface area contributed by atoms with Crippen molar-refractivity contribution in [3.63, 3.8) is 0 Å². The monoisotopic (exact) mass is 371 g/mol. The van der Waals surface area contributed by atoms with Crippen LogP contribution < -0.4 is 10.6 Å². The van der Waals surface area contributed by atoms with E-state index >= 15 is 0 Å². The normalized spacial score (nSPS) is 14.2. The van der Waals surface area contributed by atoms with E-state index in [9.17, 15) is 9.59 Å². The van der Waals surface area contributed by atoms with Gasteiger partial charge in [0.2, 0.25) is 5.91 Å². The summed E-state index contributed by atoms with van der Waals surface area (Å²) < 4.78 is 0. The molecule has 0 aromatic heterocycles. The second kappa shape index (κ2) is 8.83. The van der Waals surface area contributed by atoms with Gasteiger partial charge in [0.15, 0.2) is 0 Å². The molecule has 3 rings (SSSR count). The van der Waals surface area contributed by atoms with Gasteiger partial charge in [0, 0.05) is 22.8 Å². The van der Waals surface area contributed by atoms with Crippen LogP contribution in [0.15, 0.2) is 48.5 Å². The van der Waals surface area contributed by atoms with Crippen LogP contribution in [0.2, 0.25) is 5.02 Å². The first kappa shape index (κ1) is 18.4. The van der Waals surface area contributed by atoms with Crippen LogP contribution >= 0.6 is 11.6 Å². The van der Waals surface area contributed by atoms with Crippen LogP contribution in [0.1, 0.15) is 28.8 Å². The van der Waals surface area contributed by atoms with E-state index in [-0.39, 0.29) is 18.4 Å². The quantitative estimate of drug-likeness (QED) is 0.819. The lowest BCUT2D eigenvalue weighted by Crippen LogP contribution is -2.32. The van der Waals surface area contributed by atoms with Crippen LogP contribution in [-0.2, 0) is 11.3 Å². The second-order valence-corrected chi connectivity index (χ2v) is 6.85. The molecule has 0 bridgehead atoms. The molecule has 2 amide bonds. The number of likely N-dealkylation sites (tertiary alicyclic amines) is 1. The van der Waals surface area contributed by atoms with Crippen molar-refractivity contribution in [3.8, 4) is 0 Å². The van der Waals surface area contributed by atoms with Crippen LogP contribution in [0.3, 0.4) is 0 Å². The predicted molar refractivity (Wildman–Crippen MR) is 103 cm³/mol. The maximum atomic E-state index is 12.2. The van der Waals surface area contributed by atoms with Crippen molar-refractivity contribution in [1.82, 2.24) is 10.2 Å². The van der Waals surface area contributed by atoms with Crippen molar-refractivity contribution in [3.05, 3.63) is 64.7 Å². The standard InChI is InChI=1S/C20H22ClN3O2/c21-17-7-9-18(10-8-17)23-19(25)13-22-20(26)16-5-3-15(4-6-16)14-24-11-1-2-12-24/h3-10H,1-2,11-14H2,(H,22,26)(H,23,25). The number of hydrogen-bond acceptors (Lipinski definition) is 3. The van der Waals surface area contributed by atoms with Gasteiger partial charge in [0.05, 0.1) is 6.54 Å². The summed E-state index contributed by atoms with van der Waals surface area (Å²) in [5, 5.41) is 5.94. The number of hydrogen-bond donors (Lipinski definition) is 2. The Bertz CT molecular complexity index is 754. The highest BCUT2D eigenvalue weighted by molar-refractivity contribution is 6.30. The average Bonchev–Trinajstić information content (AvgIpc) is 3.15. The molecular weight excluding hydrogens is 350 g/mol. The fourth-order valence-electron chi connectivity index (χ4n) is 2.96. The highest BCUT2D eigenvalue weighted by atomic mass is 35.5. The molecule has 1 aliphatic rings. The first-order chi connectivity index (χ1) is 12.6. The molecule has 2 aromatic carbocycles. The minimum absolute atomic E-state index is 0.0863. The lowest BCUT2D eigenvalue weighted by atomic mass is 10.1. The molecule has 1 aliphatic heterocycles. The number of benzene rings is 2. The van der Waals surface area contributed by atoms with E-state index in [0.717, 1.165) is 19.6 Å². The third-order valence-corrected chi connectivity index (χ3v) is 4.61. The Morgan fingerprint density at radius 2 is 1.62 bits per heavy atom. The van der Waals surface area contributed by atoms with Gasteiger partial charge in [0.25, 0.3) is 5.91 Å². The Kier molecular flexibility index (Phi) is 6.26. The Morgan fingerprint density at radius 1 is 0.962 bits per heavy atom. The zero-order valence-corrected chi connectivity index (χ0v) is 15.3. The van der Waals surface area contributed by atoms with Crippen LogP contribution in [-0.4, -0.2) is 36.3 Å². The molecule has 1 fully saturated rings. The minimum atomic E-state index is -0.286. The molecule has 2 N–H and O–H groups in total. The number of halogens is 1. The second-order valence-electron chi connectivity index (χ2n) is 6.42. The van der Waals surface area contributed by atoms with Gasteiger partial charge < -0.3 is 10.6 Å². The largest absolute Gasteiger partial charge is 0.343 e. The molecule has 5 nitrogen and oxygen atoms in total. The summed E-state index contributed by atoms with van der Waals surface area (Å²) in [6.07, 6.45) is 2.52. The smallest absolute Gasteiger partial charge is 0.251 e. The Hall–Kier alpha value is -2.37. The minimum Gasteiger partial charge on any atom is -0.343 e. The molecule has 1 saturated heterocycles. The highest BCUT2D eigenvalue weighted by Gasteiger charge is 2.12. The molecule has 0 radical (unpaired) electrons. The van der Waals surface area contributed by atoms with Gasteiger partial charge >= 0.3 is 0 Å². The maximum absolute atomic E-state index is 12.2. The summed E-state index contributed by atoms with van der Waals surface area (Å²) in [4.78, 5) is 26.5. The van der Waals surface area contributed by atoms with Gasteiger partial charge in [0.1, 0.15) is 0 Å². The number of anilines is 1. The SMILES string of the molecule is O=C(CNC(=O)c1ccc(CN2CCCC2)cc1)Nc1ccc(Cl)cc1. The van der Waals surface area contributed by atoms with Crippen LogP contribution in [0, 0.1) is 0 Å². The van der Waals surface area contributed by atoms with E-state index in [0.29, 0.717) is 16.3 Å². The third-order valence-electron chi connectivity index (χ3n) is 4.36. The Labute approximate surface area is 158 Å². The zero-order chi connectivity index (χ0) is 18.4. The molecule has 0 saturated carbocycles. The molecule has 6 heteroatoms. The topological polar surface area (TPSA) is 61.4 Å². The van der Waals surface area contributed by atoms with Crippen LogP contribution in [0.4, 0.5) is 5.69 Å². The van der Waals surface area contributed by atoms with Crippen molar-refractivity contribution in [2.45, 2.75) is 19.4 Å². The fraction of sp³-hybridized carbons (Fsp3) is 0.300. The third kappa shape index (κ3) is 5.31. The molecule has 0 aliphatic carbocycles. The lowest BCUT2D eigenvalue weighted by molar-refractivity contribution is -0.115. The number of nitrogens with zero attached hydrogens (tertiary/aromatic N) is 1. The van der Waals surface area contributed by atoms with Crippen molar-refractivity contribution >= 4 is 29.1 Å². The van der Waals surface area contributed by atoms with E-state index in [2.05, 4.69) is 15.5 Å². The fourth-order valence-corrected chi connectivity index (χ4v) is 3.09. The number of rotatable bonds is 6. The first-order valence-electron chi connectivity index (χ1n) is 8.75. The van der Waals surface area contributed by atoms with E-state index in [1.165, 1.54) is 18.4 Å². The summed E-state index contributed by atoms with van der Waals surface area (Å²) in [5.41, 5.74) is 2.39. The van der Waals surface area contributed by atoms with E-state index in [4.69, 9.17) is 11.6 Å². The van der Waals surface area contributed by atoms with Gasteiger partial charge in [-0.05, 0) is 67.9 Å². The Morgan fingerprint density at radius 3 is 2.27 bits per heavy atom. The van der Waals surface area contributed by atoms with Crippen LogP contribution in [0.25, 0.3) is 0 Å². The van der Waals surface area contributed by atoms with Crippen LogP contribution in [0.5, 0.6) is 0 Å². The average molecular weight is 372 g/mol. The molecule has 0 atom stereocenters. The Balaban J connectivity index is 1.46. The molecular formula is C20H22ClN3O2. The highest BCUT2D eigenvalue weighted by Crippen LogP contribution is 2.14. The van der Waals surface area contributed by atoms with Crippen molar-refractivity contribution in [1.29, 1.82) is 0 Å². The molecule has 1 heterocycles. The van der Waals surface area contributed by atoms with Gasteiger partial charge in [-0.15, -0.1) is 0 Å². The summed E-state index contributed by atoms with van der Waals surface area (Å²) in [7, 11) is 0. The molecule has 2 aromatic rings. The van der Waals surface area contributed by atoms with E-state index in [1.54, 1.807) is 36.4 Å². The number of carbonyl (C=O) groups excluding carboxylic acids is 2. The van der Waals surface area contributed by atoms with E-state index in [1.807, 2.05) is 12.1 Å².